The minimum Gasteiger partial charge on any atom is -0.298 e. The van der Waals surface area contributed by atoms with Gasteiger partial charge in [-0.2, -0.15) is 0 Å². The van der Waals surface area contributed by atoms with Gasteiger partial charge in [0.15, 0.2) is 0 Å². The Labute approximate surface area is 150 Å². The first-order valence-corrected chi connectivity index (χ1v) is 10.3. The van der Waals surface area contributed by atoms with Gasteiger partial charge in [0.1, 0.15) is 0 Å². The van der Waals surface area contributed by atoms with Crippen LogP contribution in [0.4, 0.5) is 0 Å². The monoisotopic (exact) mass is 336 g/mol. The van der Waals surface area contributed by atoms with Crippen LogP contribution in [0.5, 0.6) is 0 Å². The van der Waals surface area contributed by atoms with Crippen molar-refractivity contribution in [1.82, 2.24) is 19.6 Å². The van der Waals surface area contributed by atoms with Gasteiger partial charge in [-0.15, -0.1) is 0 Å². The van der Waals surface area contributed by atoms with Crippen molar-refractivity contribution < 1.29 is 0 Å². The molecule has 0 radical (unpaired) electrons. The molecule has 0 spiro atoms. The Hall–Kier alpha value is -0.160. The molecule has 0 aromatic heterocycles. The summed E-state index contributed by atoms with van der Waals surface area (Å²) < 4.78 is 0. The molecule has 0 N–H and O–H groups in total. The third-order valence-electron chi connectivity index (χ3n) is 6.73. The molecule has 2 aliphatic heterocycles. The maximum atomic E-state index is 2.76. The van der Waals surface area contributed by atoms with E-state index >= 15 is 0 Å². The normalized spacial score (nSPS) is 27.8. The molecule has 3 fully saturated rings. The number of hydrogen-bond acceptors (Lipinski definition) is 4. The van der Waals surface area contributed by atoms with E-state index in [2.05, 4.69) is 54.2 Å². The quantitative estimate of drug-likeness (QED) is 0.738. The van der Waals surface area contributed by atoms with Crippen LogP contribution in [0, 0.1) is 0 Å². The first-order valence-electron chi connectivity index (χ1n) is 10.3. The first-order chi connectivity index (χ1) is 11.4. The summed E-state index contributed by atoms with van der Waals surface area (Å²) >= 11 is 0. The molecule has 2 saturated heterocycles. The van der Waals surface area contributed by atoms with E-state index in [1.165, 1.54) is 71.6 Å². The smallest absolute Gasteiger partial charge is 0.0169 e. The Morgan fingerprint density at radius 1 is 0.792 bits per heavy atom. The molecule has 24 heavy (non-hydrogen) atoms. The summed E-state index contributed by atoms with van der Waals surface area (Å²) in [5.74, 6) is 0. The summed E-state index contributed by atoms with van der Waals surface area (Å²) in [4.78, 5) is 10.8. The Morgan fingerprint density at radius 2 is 1.33 bits per heavy atom. The van der Waals surface area contributed by atoms with E-state index in [1.807, 2.05) is 0 Å². The highest BCUT2D eigenvalue weighted by molar-refractivity contribution is 4.93. The van der Waals surface area contributed by atoms with Gasteiger partial charge in [-0.05, 0) is 53.9 Å². The van der Waals surface area contributed by atoms with Crippen LogP contribution < -0.4 is 0 Å². The summed E-state index contributed by atoms with van der Waals surface area (Å²) in [6.07, 6.45) is 4.18. The first kappa shape index (κ1) is 18.6. The van der Waals surface area contributed by atoms with E-state index in [9.17, 15) is 0 Å². The molecule has 4 heteroatoms. The fourth-order valence-electron chi connectivity index (χ4n) is 4.81. The van der Waals surface area contributed by atoms with Crippen molar-refractivity contribution in [1.29, 1.82) is 0 Å². The Kier molecular flexibility index (Phi) is 5.90. The second kappa shape index (κ2) is 7.61. The van der Waals surface area contributed by atoms with Crippen molar-refractivity contribution in [3.05, 3.63) is 0 Å². The molecule has 0 bridgehead atoms. The number of rotatable bonds is 6. The van der Waals surface area contributed by atoms with Gasteiger partial charge >= 0.3 is 0 Å². The second-order valence-electron chi connectivity index (χ2n) is 9.29. The number of hydrogen-bond donors (Lipinski definition) is 0. The minimum absolute atomic E-state index is 0.324. The molecular formula is C20H40N4. The third-order valence-corrected chi connectivity index (χ3v) is 6.73. The van der Waals surface area contributed by atoms with Crippen LogP contribution in [0.3, 0.4) is 0 Å². The van der Waals surface area contributed by atoms with Crippen molar-refractivity contribution in [2.24, 2.45) is 0 Å². The van der Waals surface area contributed by atoms with Gasteiger partial charge in [-0.1, -0.05) is 0 Å². The van der Waals surface area contributed by atoms with E-state index in [4.69, 9.17) is 0 Å². The van der Waals surface area contributed by atoms with Gasteiger partial charge in [0.05, 0.1) is 0 Å². The lowest BCUT2D eigenvalue weighted by Gasteiger charge is -2.47. The van der Waals surface area contributed by atoms with Crippen LogP contribution in [-0.4, -0.2) is 95.6 Å². The van der Waals surface area contributed by atoms with Crippen LogP contribution in [0.15, 0.2) is 0 Å². The predicted molar refractivity (Wildman–Crippen MR) is 103 cm³/mol. The number of piperazine rings is 2. The van der Waals surface area contributed by atoms with Crippen LogP contribution >= 0.6 is 0 Å². The summed E-state index contributed by atoms with van der Waals surface area (Å²) in [6, 6.07) is 2.32. The second-order valence-corrected chi connectivity index (χ2v) is 9.29. The Balaban J connectivity index is 1.45. The highest BCUT2D eigenvalue weighted by atomic mass is 15.3. The molecule has 3 aliphatic rings. The average molecular weight is 337 g/mol. The van der Waals surface area contributed by atoms with Crippen LogP contribution in [-0.2, 0) is 0 Å². The zero-order valence-corrected chi connectivity index (χ0v) is 16.8. The van der Waals surface area contributed by atoms with Crippen molar-refractivity contribution >= 4 is 0 Å². The molecule has 0 amide bonds. The molecule has 2 heterocycles. The predicted octanol–water partition coefficient (Wildman–Crippen LogP) is 2.35. The molecule has 4 nitrogen and oxygen atoms in total. The molecule has 1 unspecified atom stereocenters. The van der Waals surface area contributed by atoms with Crippen molar-refractivity contribution in [2.75, 3.05) is 52.4 Å². The van der Waals surface area contributed by atoms with Crippen molar-refractivity contribution in [3.63, 3.8) is 0 Å². The molecule has 3 rings (SSSR count). The van der Waals surface area contributed by atoms with Gasteiger partial charge in [0.25, 0.3) is 0 Å². The summed E-state index contributed by atoms with van der Waals surface area (Å²) in [7, 11) is 0. The molecule has 140 valence electrons. The lowest BCUT2D eigenvalue weighted by Crippen LogP contribution is -2.58. The SMILES string of the molecule is CC(C)N1CCN(C(C)CC(C)(C)N2CCN(C3CC3)CC2)CC1. The summed E-state index contributed by atoms with van der Waals surface area (Å²) in [6.45, 7) is 22.1. The molecule has 1 atom stereocenters. The average Bonchev–Trinajstić information content (AvgIpc) is 3.39. The topological polar surface area (TPSA) is 13.0 Å². The van der Waals surface area contributed by atoms with Gasteiger partial charge in [-0.3, -0.25) is 19.6 Å². The molecule has 1 saturated carbocycles. The van der Waals surface area contributed by atoms with Crippen LogP contribution in [0.2, 0.25) is 0 Å². The van der Waals surface area contributed by atoms with E-state index in [0.29, 0.717) is 17.6 Å². The van der Waals surface area contributed by atoms with Gasteiger partial charge in [0.2, 0.25) is 0 Å². The lowest BCUT2D eigenvalue weighted by molar-refractivity contribution is 0.0157. The van der Waals surface area contributed by atoms with E-state index in [0.717, 1.165) is 6.04 Å². The van der Waals surface area contributed by atoms with Crippen molar-refractivity contribution in [2.45, 2.75) is 77.5 Å². The maximum absolute atomic E-state index is 2.76. The highest BCUT2D eigenvalue weighted by Gasteiger charge is 2.36. The molecule has 0 aromatic carbocycles. The molecule has 0 aromatic rings. The zero-order chi connectivity index (χ0) is 17.3. The van der Waals surface area contributed by atoms with Gasteiger partial charge in [-0.25, -0.2) is 0 Å². The van der Waals surface area contributed by atoms with Crippen LogP contribution in [0.1, 0.15) is 53.9 Å². The number of nitrogens with zero attached hydrogens (tertiary/aromatic N) is 4. The summed E-state index contributed by atoms with van der Waals surface area (Å²) in [5, 5.41) is 0. The third kappa shape index (κ3) is 4.51. The standard InChI is InChI=1S/C20H40N4/c1-17(2)21-8-10-22(11-9-21)18(3)16-20(4,5)24-14-12-23(13-15-24)19-6-7-19/h17-19H,6-16H2,1-5H3. The zero-order valence-electron chi connectivity index (χ0n) is 16.8. The van der Waals surface area contributed by atoms with E-state index in [-0.39, 0.29) is 0 Å². The largest absolute Gasteiger partial charge is 0.298 e. The maximum Gasteiger partial charge on any atom is 0.0169 e. The van der Waals surface area contributed by atoms with Crippen LogP contribution in [0.25, 0.3) is 0 Å². The Bertz CT molecular complexity index is 388. The molecule has 1 aliphatic carbocycles. The van der Waals surface area contributed by atoms with Crippen molar-refractivity contribution in [3.8, 4) is 0 Å². The molecular weight excluding hydrogens is 296 g/mol. The Morgan fingerprint density at radius 3 is 1.83 bits per heavy atom. The lowest BCUT2D eigenvalue weighted by atomic mass is 9.92. The highest BCUT2D eigenvalue weighted by Crippen LogP contribution is 2.30. The minimum atomic E-state index is 0.324. The fraction of sp³-hybridized carbons (Fsp3) is 1.00. The fourth-order valence-corrected chi connectivity index (χ4v) is 4.81. The van der Waals surface area contributed by atoms with E-state index in [1.54, 1.807) is 0 Å². The van der Waals surface area contributed by atoms with Gasteiger partial charge in [0, 0.05) is 76.0 Å². The van der Waals surface area contributed by atoms with E-state index < -0.39 is 0 Å². The summed E-state index contributed by atoms with van der Waals surface area (Å²) in [5.41, 5.74) is 0.324. The van der Waals surface area contributed by atoms with Gasteiger partial charge < -0.3 is 0 Å².